The number of nitrogens with one attached hydrogen (secondary N) is 1. The van der Waals surface area contributed by atoms with E-state index in [-0.39, 0.29) is 11.9 Å². The van der Waals surface area contributed by atoms with E-state index in [2.05, 4.69) is 22.1 Å². The first-order valence-electron chi connectivity index (χ1n) is 8.39. The average molecular weight is 346 g/mol. The topological polar surface area (TPSA) is 58.4 Å². The van der Waals surface area contributed by atoms with Gasteiger partial charge in [0.2, 0.25) is 0 Å². The summed E-state index contributed by atoms with van der Waals surface area (Å²) in [6.45, 7) is 4.47. The zero-order chi connectivity index (χ0) is 16.7. The van der Waals surface area contributed by atoms with E-state index in [0.717, 1.165) is 25.9 Å². The second-order valence-electron chi connectivity index (χ2n) is 6.61. The fraction of sp³-hybridized carbons (Fsp3) is 0.444. The molecule has 2 aromatic heterocycles. The van der Waals surface area contributed by atoms with Crippen LogP contribution in [-0.4, -0.2) is 41.0 Å². The maximum atomic E-state index is 12.6. The molecule has 3 aliphatic rings. The van der Waals surface area contributed by atoms with E-state index in [9.17, 15) is 4.79 Å². The second kappa shape index (κ2) is 6.22. The van der Waals surface area contributed by atoms with Gasteiger partial charge in [-0.1, -0.05) is 11.6 Å². The third-order valence-corrected chi connectivity index (χ3v) is 5.60. The van der Waals surface area contributed by atoms with Gasteiger partial charge in [-0.2, -0.15) is 0 Å². The van der Waals surface area contributed by atoms with Crippen LogP contribution in [0, 0.1) is 5.92 Å². The molecule has 1 amide bonds. The average Bonchev–Trinajstić information content (AvgIpc) is 3.09. The van der Waals surface area contributed by atoms with Crippen LogP contribution < -0.4 is 5.32 Å². The molecule has 126 valence electrons. The Balaban J connectivity index is 1.51. The van der Waals surface area contributed by atoms with Crippen molar-refractivity contribution < 1.29 is 9.21 Å². The van der Waals surface area contributed by atoms with Crippen LogP contribution in [0.1, 0.15) is 30.3 Å². The molecule has 2 unspecified atom stereocenters. The zero-order valence-electron chi connectivity index (χ0n) is 13.5. The summed E-state index contributed by atoms with van der Waals surface area (Å²) < 4.78 is 5.70. The Hall–Kier alpha value is -1.85. The molecule has 24 heavy (non-hydrogen) atoms. The van der Waals surface area contributed by atoms with Gasteiger partial charge in [0, 0.05) is 18.3 Å². The van der Waals surface area contributed by atoms with Gasteiger partial charge >= 0.3 is 0 Å². The third-order valence-electron chi connectivity index (χ3n) is 5.30. The van der Waals surface area contributed by atoms with E-state index in [0.29, 0.717) is 34.2 Å². The molecule has 3 fully saturated rings. The Labute approximate surface area is 146 Å². The summed E-state index contributed by atoms with van der Waals surface area (Å²) in [7, 11) is 0. The van der Waals surface area contributed by atoms with Gasteiger partial charge in [-0.05, 0) is 63.0 Å². The van der Waals surface area contributed by atoms with Crippen LogP contribution in [0.25, 0.3) is 11.5 Å². The van der Waals surface area contributed by atoms with Crippen molar-refractivity contribution in [1.82, 2.24) is 15.2 Å². The molecular weight excluding hydrogens is 326 g/mol. The molecule has 6 heteroatoms. The molecule has 3 saturated heterocycles. The minimum Gasteiger partial charge on any atom is -0.449 e. The number of amides is 1. The summed E-state index contributed by atoms with van der Waals surface area (Å²) in [6, 6.07) is 7.50. The number of piperidine rings is 3. The highest BCUT2D eigenvalue weighted by Crippen LogP contribution is 2.32. The summed E-state index contributed by atoms with van der Waals surface area (Å²) in [6.07, 6.45) is 3.96. The largest absolute Gasteiger partial charge is 0.449 e. The summed E-state index contributed by atoms with van der Waals surface area (Å²) in [5.74, 6) is 1.20. The van der Waals surface area contributed by atoms with Gasteiger partial charge in [-0.3, -0.25) is 14.7 Å². The van der Waals surface area contributed by atoms with Gasteiger partial charge in [0.1, 0.15) is 5.69 Å². The van der Waals surface area contributed by atoms with Gasteiger partial charge in [0.15, 0.2) is 11.5 Å². The number of aromatic nitrogens is 1. The van der Waals surface area contributed by atoms with Crippen molar-refractivity contribution in [2.75, 3.05) is 13.1 Å². The number of fused-ring (bicyclic) bond motifs is 3. The van der Waals surface area contributed by atoms with Crippen LogP contribution in [-0.2, 0) is 0 Å². The molecule has 0 saturated carbocycles. The lowest BCUT2D eigenvalue weighted by Crippen LogP contribution is -2.62. The smallest absolute Gasteiger partial charge is 0.287 e. The van der Waals surface area contributed by atoms with Crippen LogP contribution in [0.3, 0.4) is 0 Å². The van der Waals surface area contributed by atoms with Crippen LogP contribution in [0.4, 0.5) is 0 Å². The molecule has 2 aromatic rings. The van der Waals surface area contributed by atoms with Crippen molar-refractivity contribution in [1.29, 1.82) is 0 Å². The second-order valence-corrected chi connectivity index (χ2v) is 7.02. The number of nitrogens with zero attached hydrogens (tertiary/aromatic N) is 2. The fourth-order valence-electron chi connectivity index (χ4n) is 3.92. The lowest BCUT2D eigenvalue weighted by atomic mass is 9.79. The Morgan fingerprint density at radius 3 is 2.83 bits per heavy atom. The molecule has 0 spiro atoms. The van der Waals surface area contributed by atoms with Crippen molar-refractivity contribution in [2.24, 2.45) is 5.92 Å². The predicted molar refractivity (Wildman–Crippen MR) is 92.0 cm³/mol. The van der Waals surface area contributed by atoms with Gasteiger partial charge in [-0.15, -0.1) is 0 Å². The molecule has 5 heterocycles. The highest BCUT2D eigenvalue weighted by Gasteiger charge is 2.40. The summed E-state index contributed by atoms with van der Waals surface area (Å²) in [5, 5.41) is 3.67. The summed E-state index contributed by atoms with van der Waals surface area (Å²) in [5.41, 5.74) is 0.550. The third kappa shape index (κ3) is 2.72. The molecule has 1 N–H and O–H groups in total. The number of rotatable bonds is 3. The van der Waals surface area contributed by atoms with Crippen molar-refractivity contribution in [2.45, 2.75) is 31.8 Å². The zero-order valence-corrected chi connectivity index (χ0v) is 14.3. The normalized spacial score (nSPS) is 28.8. The maximum absolute atomic E-state index is 12.6. The van der Waals surface area contributed by atoms with Crippen LogP contribution >= 0.6 is 11.6 Å². The maximum Gasteiger partial charge on any atom is 0.287 e. The number of carbonyl (C=O) groups excluding carboxylic acids is 1. The highest BCUT2D eigenvalue weighted by molar-refractivity contribution is 6.32. The molecule has 0 aliphatic carbocycles. The van der Waals surface area contributed by atoms with Crippen molar-refractivity contribution >= 4 is 17.5 Å². The molecule has 5 nitrogen and oxygen atoms in total. The molecular formula is C18H20ClN3O2. The minimum absolute atomic E-state index is 0.168. The van der Waals surface area contributed by atoms with Gasteiger partial charge in [0.05, 0.1) is 5.02 Å². The van der Waals surface area contributed by atoms with Gasteiger partial charge in [-0.25, -0.2) is 0 Å². The summed E-state index contributed by atoms with van der Waals surface area (Å²) >= 11 is 6.14. The molecule has 3 aliphatic heterocycles. The Morgan fingerprint density at radius 1 is 1.33 bits per heavy atom. The van der Waals surface area contributed by atoms with Crippen molar-refractivity contribution in [3.05, 3.63) is 41.2 Å². The highest BCUT2D eigenvalue weighted by atomic mass is 35.5. The quantitative estimate of drug-likeness (QED) is 0.928. The number of hydrogen-bond donors (Lipinski definition) is 1. The van der Waals surface area contributed by atoms with E-state index in [4.69, 9.17) is 16.0 Å². The van der Waals surface area contributed by atoms with Crippen LogP contribution in [0.15, 0.2) is 34.9 Å². The van der Waals surface area contributed by atoms with Gasteiger partial charge < -0.3 is 9.73 Å². The number of carbonyl (C=O) groups is 1. The number of hydrogen-bond acceptors (Lipinski definition) is 4. The number of furan rings is 1. The fourth-order valence-corrected chi connectivity index (χ4v) is 4.14. The molecule has 2 atom stereocenters. The van der Waals surface area contributed by atoms with Crippen LogP contribution in [0.5, 0.6) is 0 Å². The van der Waals surface area contributed by atoms with E-state index < -0.39 is 0 Å². The Bertz CT molecular complexity index is 750. The monoisotopic (exact) mass is 345 g/mol. The van der Waals surface area contributed by atoms with Gasteiger partial charge in [0.25, 0.3) is 5.91 Å². The minimum atomic E-state index is -0.168. The first-order chi connectivity index (χ1) is 11.6. The van der Waals surface area contributed by atoms with Crippen LogP contribution in [0.2, 0.25) is 5.02 Å². The Morgan fingerprint density at radius 2 is 2.12 bits per heavy atom. The van der Waals surface area contributed by atoms with E-state index in [1.807, 2.05) is 0 Å². The lowest BCUT2D eigenvalue weighted by Gasteiger charge is -2.49. The molecule has 0 aromatic carbocycles. The van der Waals surface area contributed by atoms with E-state index in [1.165, 1.54) is 0 Å². The summed E-state index contributed by atoms with van der Waals surface area (Å²) in [4.78, 5) is 19.3. The molecule has 0 radical (unpaired) electrons. The first kappa shape index (κ1) is 15.7. The standard InChI is InChI=1S/C18H20ClN3O2/c1-11-16(12-6-9-22(11)10-7-12)21-18(23)15-5-4-14(24-15)17-13(19)3-2-8-20-17/h2-5,8,11-12,16H,6-7,9-10H2,1H3,(H,21,23). The van der Waals surface area contributed by atoms with E-state index >= 15 is 0 Å². The Kier molecular flexibility index (Phi) is 4.06. The lowest BCUT2D eigenvalue weighted by molar-refractivity contribution is 0.0211. The number of halogens is 1. The number of pyridine rings is 1. The predicted octanol–water partition coefficient (Wildman–Crippen LogP) is 3.21. The molecule has 2 bridgehead atoms. The molecule has 5 rings (SSSR count). The van der Waals surface area contributed by atoms with Crippen molar-refractivity contribution in [3.63, 3.8) is 0 Å². The van der Waals surface area contributed by atoms with Crippen molar-refractivity contribution in [3.8, 4) is 11.5 Å². The van der Waals surface area contributed by atoms with E-state index in [1.54, 1.807) is 30.5 Å². The SMILES string of the molecule is CC1C(NC(=O)c2ccc(-c3ncccc3Cl)o2)C2CCN1CC2. The first-order valence-corrected chi connectivity index (χ1v) is 8.77.